The van der Waals surface area contributed by atoms with Gasteiger partial charge in [-0.15, -0.1) is 0 Å². The van der Waals surface area contributed by atoms with Crippen LogP contribution in [-0.2, 0) is 0 Å². The molecule has 0 radical (unpaired) electrons. The summed E-state index contributed by atoms with van der Waals surface area (Å²) in [7, 11) is 2.05. The minimum atomic E-state index is -0.570. The third-order valence-electron chi connectivity index (χ3n) is 3.67. The molecule has 1 aromatic carbocycles. The van der Waals surface area contributed by atoms with Crippen molar-refractivity contribution in [1.82, 2.24) is 10.2 Å². The number of carbonyl (C=O) groups is 1. The van der Waals surface area contributed by atoms with Gasteiger partial charge in [-0.1, -0.05) is 11.6 Å². The number of nitrogens with one attached hydrogen (secondary N) is 1. The minimum Gasteiger partial charge on any atom is -0.351 e. The van der Waals surface area contributed by atoms with Crippen LogP contribution in [0.5, 0.6) is 0 Å². The van der Waals surface area contributed by atoms with E-state index in [9.17, 15) is 14.9 Å². The molecule has 1 atom stereocenters. The zero-order valence-corrected chi connectivity index (χ0v) is 12.6. The first kappa shape index (κ1) is 15.7. The van der Waals surface area contributed by atoms with Crippen LogP contribution in [0.4, 0.5) is 5.69 Å². The second-order valence-electron chi connectivity index (χ2n) is 5.40. The van der Waals surface area contributed by atoms with Gasteiger partial charge in [-0.2, -0.15) is 0 Å². The first-order valence-corrected chi connectivity index (χ1v) is 7.26. The Morgan fingerprint density at radius 2 is 2.33 bits per heavy atom. The third-order valence-corrected chi connectivity index (χ3v) is 3.91. The fourth-order valence-electron chi connectivity index (χ4n) is 2.62. The molecule has 1 heterocycles. The lowest BCUT2D eigenvalue weighted by Gasteiger charge is -2.29. The number of nitrogens with zero attached hydrogens (tertiary/aromatic N) is 2. The molecule has 114 valence electrons. The molecule has 1 fully saturated rings. The molecule has 21 heavy (non-hydrogen) atoms. The molecule has 1 aliphatic heterocycles. The number of hydrogen-bond acceptors (Lipinski definition) is 4. The Labute approximate surface area is 128 Å². The van der Waals surface area contributed by atoms with Gasteiger partial charge in [-0.3, -0.25) is 14.9 Å². The van der Waals surface area contributed by atoms with E-state index in [1.54, 1.807) is 0 Å². The Hall–Kier alpha value is -1.66. The SMILES string of the molecule is CN1CCCC(CNC(=O)c2cc(Cl)ccc2[N+](=O)[O-])C1. The van der Waals surface area contributed by atoms with Crippen molar-refractivity contribution < 1.29 is 9.72 Å². The third kappa shape index (κ3) is 4.15. The maximum absolute atomic E-state index is 12.2. The Morgan fingerprint density at radius 3 is 3.00 bits per heavy atom. The predicted molar refractivity (Wildman–Crippen MR) is 80.7 cm³/mol. The van der Waals surface area contributed by atoms with E-state index in [0.29, 0.717) is 17.5 Å². The first-order chi connectivity index (χ1) is 9.97. The summed E-state index contributed by atoms with van der Waals surface area (Å²) in [6.45, 7) is 2.52. The van der Waals surface area contributed by atoms with E-state index >= 15 is 0 Å². The number of carbonyl (C=O) groups excluding carboxylic acids is 1. The van der Waals surface area contributed by atoms with Gasteiger partial charge < -0.3 is 10.2 Å². The van der Waals surface area contributed by atoms with Crippen LogP contribution >= 0.6 is 11.6 Å². The van der Waals surface area contributed by atoms with Crippen LogP contribution in [0, 0.1) is 16.0 Å². The maximum atomic E-state index is 12.2. The fourth-order valence-corrected chi connectivity index (χ4v) is 2.79. The molecule has 0 aromatic heterocycles. The summed E-state index contributed by atoms with van der Waals surface area (Å²) in [6, 6.07) is 4.00. The molecular weight excluding hydrogens is 294 g/mol. The lowest BCUT2D eigenvalue weighted by Crippen LogP contribution is -2.39. The second-order valence-corrected chi connectivity index (χ2v) is 5.84. The molecule has 1 N–H and O–H groups in total. The molecule has 1 unspecified atom stereocenters. The molecule has 1 saturated heterocycles. The number of hydrogen-bond donors (Lipinski definition) is 1. The predicted octanol–water partition coefficient (Wildman–Crippen LogP) is 2.32. The van der Waals surface area contributed by atoms with Crippen LogP contribution < -0.4 is 5.32 Å². The highest BCUT2D eigenvalue weighted by molar-refractivity contribution is 6.31. The van der Waals surface area contributed by atoms with Crippen LogP contribution in [0.25, 0.3) is 0 Å². The van der Waals surface area contributed by atoms with E-state index < -0.39 is 10.8 Å². The monoisotopic (exact) mass is 311 g/mol. The van der Waals surface area contributed by atoms with Gasteiger partial charge in [-0.25, -0.2) is 0 Å². The van der Waals surface area contributed by atoms with Gasteiger partial charge in [0.05, 0.1) is 4.92 Å². The number of halogens is 1. The summed E-state index contributed by atoms with van der Waals surface area (Å²) < 4.78 is 0. The zero-order chi connectivity index (χ0) is 15.4. The molecule has 1 aromatic rings. The highest BCUT2D eigenvalue weighted by atomic mass is 35.5. The quantitative estimate of drug-likeness (QED) is 0.684. The zero-order valence-electron chi connectivity index (χ0n) is 11.8. The summed E-state index contributed by atoms with van der Waals surface area (Å²) in [5.74, 6) is -0.0663. The largest absolute Gasteiger partial charge is 0.351 e. The molecule has 0 saturated carbocycles. The van der Waals surface area contributed by atoms with Crippen LogP contribution in [-0.4, -0.2) is 42.4 Å². The number of piperidine rings is 1. The molecule has 0 aliphatic carbocycles. The van der Waals surface area contributed by atoms with Crippen molar-refractivity contribution in [2.45, 2.75) is 12.8 Å². The van der Waals surface area contributed by atoms with Crippen LogP contribution in [0.3, 0.4) is 0 Å². The van der Waals surface area contributed by atoms with Gasteiger partial charge in [0, 0.05) is 24.2 Å². The van der Waals surface area contributed by atoms with E-state index in [1.807, 2.05) is 0 Å². The number of nitro groups is 1. The number of likely N-dealkylation sites (tertiary alicyclic amines) is 1. The van der Waals surface area contributed by atoms with Crippen LogP contribution in [0.15, 0.2) is 18.2 Å². The molecule has 1 aliphatic rings. The second kappa shape index (κ2) is 6.87. The minimum absolute atomic E-state index is 0.0108. The summed E-state index contributed by atoms with van der Waals surface area (Å²) in [5, 5.41) is 14.1. The summed E-state index contributed by atoms with van der Waals surface area (Å²) in [6.07, 6.45) is 2.16. The van der Waals surface area contributed by atoms with Crippen LogP contribution in [0.1, 0.15) is 23.2 Å². The normalized spacial score (nSPS) is 19.2. The van der Waals surface area contributed by atoms with E-state index in [4.69, 9.17) is 11.6 Å². The Morgan fingerprint density at radius 1 is 1.57 bits per heavy atom. The topological polar surface area (TPSA) is 75.5 Å². The smallest absolute Gasteiger partial charge is 0.282 e. The molecule has 2 rings (SSSR count). The van der Waals surface area contributed by atoms with Crippen molar-refractivity contribution >= 4 is 23.2 Å². The molecule has 6 nitrogen and oxygen atoms in total. The van der Waals surface area contributed by atoms with E-state index in [1.165, 1.54) is 18.2 Å². The van der Waals surface area contributed by atoms with Gasteiger partial charge in [0.15, 0.2) is 0 Å². The van der Waals surface area contributed by atoms with E-state index in [2.05, 4.69) is 17.3 Å². The van der Waals surface area contributed by atoms with Crippen molar-refractivity contribution in [2.75, 3.05) is 26.7 Å². The Balaban J connectivity index is 2.03. The van der Waals surface area contributed by atoms with Gasteiger partial charge in [0.1, 0.15) is 5.56 Å². The van der Waals surface area contributed by atoms with Gasteiger partial charge >= 0.3 is 0 Å². The van der Waals surface area contributed by atoms with Crippen molar-refractivity contribution in [3.63, 3.8) is 0 Å². The lowest BCUT2D eigenvalue weighted by atomic mass is 9.98. The number of benzene rings is 1. The molecule has 7 heteroatoms. The van der Waals surface area contributed by atoms with Gasteiger partial charge in [0.2, 0.25) is 0 Å². The fraction of sp³-hybridized carbons (Fsp3) is 0.500. The van der Waals surface area contributed by atoms with Crippen molar-refractivity contribution in [3.05, 3.63) is 38.9 Å². The molecular formula is C14H18ClN3O3. The number of nitro benzene ring substituents is 1. The molecule has 0 spiro atoms. The summed E-state index contributed by atoms with van der Waals surface area (Å²) in [4.78, 5) is 24.8. The van der Waals surface area contributed by atoms with Gasteiger partial charge in [-0.05, 0) is 44.5 Å². The van der Waals surface area contributed by atoms with Crippen LogP contribution in [0.2, 0.25) is 5.02 Å². The van der Waals surface area contributed by atoms with Crippen molar-refractivity contribution in [3.8, 4) is 0 Å². The summed E-state index contributed by atoms with van der Waals surface area (Å²) >= 11 is 5.82. The molecule has 0 bridgehead atoms. The standard InChI is InChI=1S/C14H18ClN3O3/c1-17-6-2-3-10(9-17)8-16-14(19)12-7-11(15)4-5-13(12)18(20)21/h4-5,7,10H,2-3,6,8-9H2,1H3,(H,16,19). The van der Waals surface area contributed by atoms with Crippen molar-refractivity contribution in [1.29, 1.82) is 0 Å². The number of amides is 1. The van der Waals surface area contributed by atoms with E-state index in [-0.39, 0.29) is 11.3 Å². The lowest BCUT2D eigenvalue weighted by molar-refractivity contribution is -0.385. The average Bonchev–Trinajstić information content (AvgIpc) is 2.44. The molecule has 1 amide bonds. The van der Waals surface area contributed by atoms with E-state index in [0.717, 1.165) is 25.9 Å². The highest BCUT2D eigenvalue weighted by Crippen LogP contribution is 2.23. The Kier molecular flexibility index (Phi) is 5.14. The van der Waals surface area contributed by atoms with Gasteiger partial charge in [0.25, 0.3) is 11.6 Å². The highest BCUT2D eigenvalue weighted by Gasteiger charge is 2.22. The Bertz CT molecular complexity index is 550. The van der Waals surface area contributed by atoms with Crippen molar-refractivity contribution in [2.24, 2.45) is 5.92 Å². The summed E-state index contributed by atoms with van der Waals surface area (Å²) in [5.41, 5.74) is -0.214. The number of rotatable bonds is 4. The maximum Gasteiger partial charge on any atom is 0.282 e. The first-order valence-electron chi connectivity index (χ1n) is 6.88. The average molecular weight is 312 g/mol.